The first-order chi connectivity index (χ1) is 13.7. The monoisotopic (exact) mass is 430 g/mol. The molecule has 2 nitrogen and oxygen atoms in total. The highest BCUT2D eigenvalue weighted by Crippen LogP contribution is 2.35. The Morgan fingerprint density at radius 2 is 1.48 bits per heavy atom. The van der Waals surface area contributed by atoms with Crippen LogP contribution in [0.2, 0.25) is 5.02 Å². The Labute approximate surface area is 173 Å². The maximum Gasteiger partial charge on any atom is 0.207 e. The van der Waals surface area contributed by atoms with Crippen LogP contribution < -0.4 is 0 Å². The van der Waals surface area contributed by atoms with Gasteiger partial charge in [-0.3, -0.25) is 0 Å². The molecule has 0 N–H and O–H groups in total. The first-order valence-electron chi connectivity index (χ1n) is 8.64. The predicted octanol–water partition coefficient (Wildman–Crippen LogP) is 6.35. The first-order valence-corrected chi connectivity index (χ1v) is 10.5. The van der Waals surface area contributed by atoms with Crippen molar-refractivity contribution in [2.75, 3.05) is 0 Å². The van der Waals surface area contributed by atoms with Gasteiger partial charge in [0.25, 0.3) is 0 Å². The summed E-state index contributed by atoms with van der Waals surface area (Å²) in [6.07, 6.45) is 1.24. The summed E-state index contributed by atoms with van der Waals surface area (Å²) in [4.78, 5) is -0.138. The molecule has 6 heteroatoms. The molecule has 0 unspecified atom stereocenters. The van der Waals surface area contributed by atoms with Crippen LogP contribution in [-0.2, 0) is 9.84 Å². The highest BCUT2D eigenvalue weighted by Gasteiger charge is 2.25. The van der Waals surface area contributed by atoms with E-state index in [4.69, 9.17) is 11.6 Å². The number of allylic oxidation sites excluding steroid dienone is 1. The first kappa shape index (κ1) is 21.0. The standard InChI is InChI=1S/C23H17ClF2O2S/c1-3-22(29(27,28)20-11-9-19(26)10-12-20)23(16-4-7-18(25)8-5-16)21-13-6-17(24)14-15(21)2/h3-14H,1H2,2H3/b23-22+. The molecule has 0 aliphatic rings. The van der Waals surface area contributed by atoms with Gasteiger partial charge in [-0.05, 0) is 78.2 Å². The quantitative estimate of drug-likeness (QED) is 0.349. The van der Waals surface area contributed by atoms with Crippen LogP contribution >= 0.6 is 11.6 Å². The van der Waals surface area contributed by atoms with E-state index in [0.29, 0.717) is 21.7 Å². The smallest absolute Gasteiger partial charge is 0.207 e. The minimum absolute atomic E-state index is 0.0684. The van der Waals surface area contributed by atoms with Crippen molar-refractivity contribution in [1.82, 2.24) is 0 Å². The maximum atomic E-state index is 13.5. The minimum Gasteiger partial charge on any atom is -0.218 e. The van der Waals surface area contributed by atoms with Crippen LogP contribution in [0.25, 0.3) is 5.57 Å². The van der Waals surface area contributed by atoms with Crippen molar-refractivity contribution in [3.63, 3.8) is 0 Å². The molecule has 0 heterocycles. The normalized spacial score (nSPS) is 12.4. The second kappa shape index (κ2) is 8.31. The van der Waals surface area contributed by atoms with E-state index in [1.165, 1.54) is 42.5 Å². The molecule has 0 atom stereocenters. The van der Waals surface area contributed by atoms with Crippen molar-refractivity contribution in [2.24, 2.45) is 0 Å². The largest absolute Gasteiger partial charge is 0.218 e. The van der Waals surface area contributed by atoms with E-state index < -0.39 is 21.5 Å². The topological polar surface area (TPSA) is 34.1 Å². The molecule has 3 rings (SSSR count). The molecule has 0 aliphatic carbocycles. The van der Waals surface area contributed by atoms with Crippen molar-refractivity contribution >= 4 is 27.0 Å². The Morgan fingerprint density at radius 1 is 0.931 bits per heavy atom. The van der Waals surface area contributed by atoms with Crippen LogP contribution in [0.3, 0.4) is 0 Å². The summed E-state index contributed by atoms with van der Waals surface area (Å²) in [5.41, 5.74) is 2.21. The number of sulfone groups is 1. The van der Waals surface area contributed by atoms with Gasteiger partial charge < -0.3 is 0 Å². The second-order valence-electron chi connectivity index (χ2n) is 6.37. The maximum absolute atomic E-state index is 13.5. The van der Waals surface area contributed by atoms with E-state index in [2.05, 4.69) is 6.58 Å². The van der Waals surface area contributed by atoms with Crippen LogP contribution in [0, 0.1) is 18.6 Å². The molecule has 0 radical (unpaired) electrons. The Hall–Kier alpha value is -2.76. The molecule has 0 aliphatic heterocycles. The molecule has 0 amide bonds. The van der Waals surface area contributed by atoms with Crippen LogP contribution in [0.4, 0.5) is 8.78 Å². The lowest BCUT2D eigenvalue weighted by molar-refractivity contribution is 0.601. The lowest BCUT2D eigenvalue weighted by Gasteiger charge is -2.17. The third kappa shape index (κ3) is 4.31. The molecule has 0 aromatic heterocycles. The van der Waals surface area contributed by atoms with Gasteiger partial charge in [-0.1, -0.05) is 36.4 Å². The van der Waals surface area contributed by atoms with E-state index in [1.54, 1.807) is 25.1 Å². The average molecular weight is 431 g/mol. The van der Waals surface area contributed by atoms with Crippen molar-refractivity contribution in [3.05, 3.63) is 118 Å². The van der Waals surface area contributed by atoms with Gasteiger partial charge >= 0.3 is 0 Å². The van der Waals surface area contributed by atoms with Gasteiger partial charge in [-0.25, -0.2) is 17.2 Å². The van der Waals surface area contributed by atoms with Gasteiger partial charge in [-0.2, -0.15) is 0 Å². The molecular formula is C23H17ClF2O2S. The molecule has 0 bridgehead atoms. The summed E-state index contributed by atoms with van der Waals surface area (Å²) in [5.74, 6) is -0.983. The van der Waals surface area contributed by atoms with Gasteiger partial charge in [0.2, 0.25) is 9.84 Å². The van der Waals surface area contributed by atoms with Gasteiger partial charge in [0.15, 0.2) is 0 Å². The molecule has 0 spiro atoms. The van der Waals surface area contributed by atoms with Crippen molar-refractivity contribution in [1.29, 1.82) is 0 Å². The summed E-state index contributed by atoms with van der Waals surface area (Å²) in [5, 5.41) is 0.506. The molecule has 0 fully saturated rings. The SMILES string of the molecule is C=C/C(=C(/c1ccc(F)cc1)c1ccc(Cl)cc1C)S(=O)(=O)c1ccc(F)cc1. The van der Waals surface area contributed by atoms with Crippen LogP contribution in [-0.4, -0.2) is 8.42 Å². The summed E-state index contributed by atoms with van der Waals surface area (Å²) in [7, 11) is -4.03. The number of aryl methyl sites for hydroxylation is 1. The van der Waals surface area contributed by atoms with Crippen LogP contribution in [0.15, 0.2) is 89.2 Å². The Balaban J connectivity index is 2.37. The van der Waals surface area contributed by atoms with Crippen LogP contribution in [0.1, 0.15) is 16.7 Å². The fourth-order valence-corrected chi connectivity index (χ4v) is 4.73. The lowest BCUT2D eigenvalue weighted by atomic mass is 9.94. The van der Waals surface area contributed by atoms with E-state index in [9.17, 15) is 17.2 Å². The Kier molecular flexibility index (Phi) is 6.01. The second-order valence-corrected chi connectivity index (χ2v) is 8.72. The molecule has 0 saturated heterocycles. The zero-order valence-corrected chi connectivity index (χ0v) is 17.1. The lowest BCUT2D eigenvalue weighted by Crippen LogP contribution is -2.08. The zero-order valence-electron chi connectivity index (χ0n) is 15.5. The summed E-state index contributed by atoms with van der Waals surface area (Å²) in [6.45, 7) is 5.50. The fraction of sp³-hybridized carbons (Fsp3) is 0.0435. The Morgan fingerprint density at radius 3 is 2.00 bits per heavy atom. The third-order valence-corrected chi connectivity index (χ3v) is 6.51. The van der Waals surface area contributed by atoms with E-state index in [0.717, 1.165) is 17.7 Å². The summed E-state index contributed by atoms with van der Waals surface area (Å²) >= 11 is 6.06. The number of hydrogen-bond donors (Lipinski definition) is 0. The molecule has 3 aromatic rings. The Bertz CT molecular complexity index is 1200. The minimum atomic E-state index is -4.03. The van der Waals surface area contributed by atoms with Gasteiger partial charge in [-0.15, -0.1) is 0 Å². The molecular weight excluding hydrogens is 414 g/mol. The van der Waals surface area contributed by atoms with E-state index in [-0.39, 0.29) is 9.80 Å². The van der Waals surface area contributed by atoms with E-state index >= 15 is 0 Å². The molecule has 29 heavy (non-hydrogen) atoms. The average Bonchev–Trinajstić information content (AvgIpc) is 2.68. The number of hydrogen-bond acceptors (Lipinski definition) is 2. The van der Waals surface area contributed by atoms with E-state index in [1.807, 2.05) is 0 Å². The molecule has 3 aromatic carbocycles. The number of rotatable bonds is 5. The number of halogens is 3. The highest BCUT2D eigenvalue weighted by molar-refractivity contribution is 7.95. The van der Waals surface area contributed by atoms with Crippen molar-refractivity contribution < 1.29 is 17.2 Å². The van der Waals surface area contributed by atoms with Gasteiger partial charge in [0, 0.05) is 10.6 Å². The number of benzene rings is 3. The van der Waals surface area contributed by atoms with Gasteiger partial charge in [0.05, 0.1) is 9.80 Å². The fourth-order valence-electron chi connectivity index (χ4n) is 3.04. The third-order valence-electron chi connectivity index (χ3n) is 4.44. The highest BCUT2D eigenvalue weighted by atomic mass is 35.5. The van der Waals surface area contributed by atoms with Gasteiger partial charge in [0.1, 0.15) is 11.6 Å². The molecule has 0 saturated carbocycles. The van der Waals surface area contributed by atoms with Crippen molar-refractivity contribution in [3.8, 4) is 0 Å². The van der Waals surface area contributed by atoms with Crippen LogP contribution in [0.5, 0.6) is 0 Å². The summed E-state index contributed by atoms with van der Waals surface area (Å²) in [6, 6.07) is 15.2. The summed E-state index contributed by atoms with van der Waals surface area (Å²) < 4.78 is 53.5. The zero-order chi connectivity index (χ0) is 21.2. The van der Waals surface area contributed by atoms with Crippen molar-refractivity contribution in [2.45, 2.75) is 11.8 Å². The predicted molar refractivity (Wildman–Crippen MR) is 112 cm³/mol. The molecule has 148 valence electrons.